The molecule has 2 amide bonds. The number of benzene rings is 1. The zero-order valence-corrected chi connectivity index (χ0v) is 13.8. The number of hydrogen-bond acceptors (Lipinski definition) is 5. The number of anilines is 1. The fourth-order valence-electron chi connectivity index (χ4n) is 2.04. The van der Waals surface area contributed by atoms with Gasteiger partial charge in [0.1, 0.15) is 0 Å². The number of thiocarbonyl (C=S) groups is 1. The molecule has 4 N–H and O–H groups in total. The SMILES string of the molecule is CC1(C)SC(=S)N(N)[C@@H]1N(O)C(=O)Nc1cccc(Cl)c1. The number of nitrogens with one attached hydrogen (secondary N) is 1. The Bertz CT molecular complexity index is 584. The fourth-order valence-corrected chi connectivity index (χ4v) is 3.94. The van der Waals surface area contributed by atoms with Crippen molar-refractivity contribution in [1.82, 2.24) is 10.1 Å². The largest absolute Gasteiger partial charge is 0.347 e. The van der Waals surface area contributed by atoms with Crippen molar-refractivity contribution in [1.29, 1.82) is 0 Å². The Labute approximate surface area is 137 Å². The number of hydroxylamine groups is 2. The second kappa shape index (κ2) is 5.98. The van der Waals surface area contributed by atoms with Crippen LogP contribution in [0.25, 0.3) is 0 Å². The molecule has 0 radical (unpaired) electrons. The van der Waals surface area contributed by atoms with Crippen LogP contribution in [0.3, 0.4) is 0 Å². The topological polar surface area (TPSA) is 81.8 Å². The van der Waals surface area contributed by atoms with E-state index in [-0.39, 0.29) is 0 Å². The normalized spacial score (nSPS) is 20.5. The number of carbonyl (C=O) groups excluding carboxylic acids is 1. The van der Waals surface area contributed by atoms with Crippen molar-refractivity contribution >= 4 is 51.6 Å². The third-order valence-corrected chi connectivity index (χ3v) is 4.78. The van der Waals surface area contributed by atoms with E-state index in [1.54, 1.807) is 24.3 Å². The maximum atomic E-state index is 12.1. The zero-order chi connectivity index (χ0) is 15.8. The maximum Gasteiger partial charge on any atom is 0.347 e. The first-order valence-corrected chi connectivity index (χ1v) is 7.64. The molecule has 1 aliphatic rings. The van der Waals surface area contributed by atoms with Gasteiger partial charge in [0.05, 0.1) is 4.75 Å². The summed E-state index contributed by atoms with van der Waals surface area (Å²) in [6.07, 6.45) is -0.769. The van der Waals surface area contributed by atoms with Gasteiger partial charge in [-0.05, 0) is 32.0 Å². The number of rotatable bonds is 2. The van der Waals surface area contributed by atoms with Gasteiger partial charge in [-0.25, -0.2) is 10.6 Å². The number of nitrogens with two attached hydrogens (primary N) is 1. The van der Waals surface area contributed by atoms with Crippen LogP contribution in [-0.2, 0) is 0 Å². The minimum Gasteiger partial charge on any atom is -0.306 e. The Morgan fingerprint density at radius 1 is 1.62 bits per heavy atom. The lowest BCUT2D eigenvalue weighted by atomic mass is 10.1. The minimum absolute atomic E-state index is 0.416. The number of hydrazine groups is 1. The first kappa shape index (κ1) is 16.3. The third kappa shape index (κ3) is 3.41. The van der Waals surface area contributed by atoms with E-state index in [1.165, 1.54) is 16.8 Å². The molecule has 0 spiro atoms. The Balaban J connectivity index is 2.14. The lowest BCUT2D eigenvalue weighted by Gasteiger charge is -2.34. The second-order valence-corrected chi connectivity index (χ2v) is 7.76. The van der Waals surface area contributed by atoms with E-state index in [0.717, 1.165) is 0 Å². The summed E-state index contributed by atoms with van der Waals surface area (Å²) in [5.41, 5.74) is 0.473. The van der Waals surface area contributed by atoms with Gasteiger partial charge in [-0.1, -0.05) is 41.6 Å². The molecule has 1 atom stereocenters. The Morgan fingerprint density at radius 3 is 2.81 bits per heavy atom. The second-order valence-electron chi connectivity index (χ2n) is 5.04. The monoisotopic (exact) mass is 346 g/mol. The molecule has 1 fully saturated rings. The Kier molecular flexibility index (Phi) is 4.64. The van der Waals surface area contributed by atoms with Crippen LogP contribution in [-0.4, -0.2) is 36.5 Å². The quantitative estimate of drug-likeness (QED) is 0.330. The van der Waals surface area contributed by atoms with Gasteiger partial charge in [0.2, 0.25) is 0 Å². The molecule has 21 heavy (non-hydrogen) atoms. The summed E-state index contributed by atoms with van der Waals surface area (Å²) >= 11 is 12.3. The summed E-state index contributed by atoms with van der Waals surface area (Å²) in [7, 11) is 0. The Morgan fingerprint density at radius 2 is 2.29 bits per heavy atom. The predicted molar refractivity (Wildman–Crippen MR) is 88.2 cm³/mol. The summed E-state index contributed by atoms with van der Waals surface area (Å²) in [4.78, 5) is 12.1. The van der Waals surface area contributed by atoms with Gasteiger partial charge >= 0.3 is 6.03 Å². The highest BCUT2D eigenvalue weighted by Gasteiger charge is 2.48. The number of carbonyl (C=O) groups is 1. The number of urea groups is 1. The number of nitrogens with zero attached hydrogens (tertiary/aromatic N) is 2. The predicted octanol–water partition coefficient (Wildman–Crippen LogP) is 2.88. The smallest absolute Gasteiger partial charge is 0.306 e. The number of halogens is 1. The molecule has 0 aliphatic carbocycles. The highest BCUT2D eigenvalue weighted by atomic mass is 35.5. The van der Waals surface area contributed by atoms with Crippen LogP contribution >= 0.6 is 35.6 Å². The van der Waals surface area contributed by atoms with Gasteiger partial charge in [0.25, 0.3) is 0 Å². The van der Waals surface area contributed by atoms with Gasteiger partial charge in [0, 0.05) is 10.7 Å². The van der Waals surface area contributed by atoms with Gasteiger partial charge in [0.15, 0.2) is 10.5 Å². The average molecular weight is 347 g/mol. The Hall–Kier alpha value is -1.06. The molecule has 1 aromatic carbocycles. The van der Waals surface area contributed by atoms with Crippen molar-refractivity contribution in [3.63, 3.8) is 0 Å². The van der Waals surface area contributed by atoms with Crippen molar-refractivity contribution in [2.75, 3.05) is 5.32 Å². The minimum atomic E-state index is -0.769. The van der Waals surface area contributed by atoms with Crippen molar-refractivity contribution in [3.05, 3.63) is 29.3 Å². The molecule has 0 saturated carbocycles. The summed E-state index contributed by atoms with van der Waals surface area (Å²) < 4.78 is -0.119. The van der Waals surface area contributed by atoms with Crippen molar-refractivity contribution in [2.45, 2.75) is 24.8 Å². The molecule has 1 aliphatic heterocycles. The van der Waals surface area contributed by atoms with Crippen LogP contribution in [0.15, 0.2) is 24.3 Å². The number of hydrogen-bond donors (Lipinski definition) is 3. The van der Waals surface area contributed by atoms with E-state index in [0.29, 0.717) is 20.1 Å². The summed E-state index contributed by atoms with van der Waals surface area (Å²) in [6.45, 7) is 3.69. The summed E-state index contributed by atoms with van der Waals surface area (Å²) in [5.74, 6) is 5.82. The van der Waals surface area contributed by atoms with Crippen LogP contribution in [0.2, 0.25) is 5.02 Å². The van der Waals surface area contributed by atoms with E-state index in [9.17, 15) is 10.0 Å². The average Bonchev–Trinajstić information content (AvgIpc) is 2.57. The molecular weight excluding hydrogens is 332 g/mol. The highest BCUT2D eigenvalue weighted by Crippen LogP contribution is 2.40. The van der Waals surface area contributed by atoms with Crippen molar-refractivity contribution in [2.24, 2.45) is 5.84 Å². The maximum absolute atomic E-state index is 12.1. The van der Waals surface area contributed by atoms with Gasteiger partial charge in [-0.2, -0.15) is 5.06 Å². The highest BCUT2D eigenvalue weighted by molar-refractivity contribution is 8.24. The molecule has 114 valence electrons. The molecule has 1 aromatic rings. The number of amides is 2. The van der Waals surface area contributed by atoms with Gasteiger partial charge < -0.3 is 5.32 Å². The van der Waals surface area contributed by atoms with E-state index in [2.05, 4.69) is 5.32 Å². The molecule has 2 rings (SSSR count). The zero-order valence-electron chi connectivity index (χ0n) is 11.4. The molecule has 6 nitrogen and oxygen atoms in total. The molecular formula is C12H15ClN4O2S2. The standard InChI is InChI=1S/C12H15ClN4O2S2/c1-12(2)9(16(14)11(20)21-12)17(19)10(18)15-8-5-3-4-7(13)6-8/h3-6,9,19H,14H2,1-2H3,(H,15,18)/t9-/m1/s1. The van der Waals surface area contributed by atoms with E-state index in [1.807, 2.05) is 13.8 Å². The summed E-state index contributed by atoms with van der Waals surface area (Å²) in [6, 6.07) is 5.91. The first-order valence-electron chi connectivity index (χ1n) is 6.04. The van der Waals surface area contributed by atoms with E-state index in [4.69, 9.17) is 29.7 Å². The lowest BCUT2D eigenvalue weighted by molar-refractivity contribution is -0.114. The van der Waals surface area contributed by atoms with Crippen LogP contribution in [0.5, 0.6) is 0 Å². The molecule has 0 aromatic heterocycles. The van der Waals surface area contributed by atoms with E-state index < -0.39 is 16.9 Å². The van der Waals surface area contributed by atoms with E-state index >= 15 is 0 Å². The molecule has 9 heteroatoms. The van der Waals surface area contributed by atoms with Crippen LogP contribution in [0, 0.1) is 0 Å². The number of thioether (sulfide) groups is 1. The van der Waals surface area contributed by atoms with Gasteiger partial charge in [-0.15, -0.1) is 0 Å². The third-order valence-electron chi connectivity index (χ3n) is 2.96. The van der Waals surface area contributed by atoms with Crippen LogP contribution in [0.4, 0.5) is 10.5 Å². The first-order chi connectivity index (χ1) is 9.72. The van der Waals surface area contributed by atoms with Gasteiger partial charge in [-0.3, -0.25) is 10.2 Å². The van der Waals surface area contributed by atoms with Crippen molar-refractivity contribution < 1.29 is 10.0 Å². The molecule has 1 saturated heterocycles. The van der Waals surface area contributed by atoms with Crippen LogP contribution in [0.1, 0.15) is 13.8 Å². The van der Waals surface area contributed by atoms with Crippen molar-refractivity contribution in [3.8, 4) is 0 Å². The molecule has 0 bridgehead atoms. The lowest BCUT2D eigenvalue weighted by Crippen LogP contribution is -2.57. The molecule has 0 unspecified atom stereocenters. The fraction of sp³-hybridized carbons (Fsp3) is 0.333. The van der Waals surface area contributed by atoms with Crippen LogP contribution < -0.4 is 11.2 Å². The molecule has 1 heterocycles. The summed E-state index contributed by atoms with van der Waals surface area (Å²) in [5, 5.41) is 15.0.